The van der Waals surface area contributed by atoms with Gasteiger partial charge in [0.1, 0.15) is 11.1 Å². The lowest BCUT2D eigenvalue weighted by Gasteiger charge is -2.22. The highest BCUT2D eigenvalue weighted by atomic mass is 16.6. The first-order chi connectivity index (χ1) is 13.3. The predicted octanol–water partition coefficient (Wildman–Crippen LogP) is 4.08. The van der Waals surface area contributed by atoms with E-state index in [4.69, 9.17) is 14.6 Å². The Morgan fingerprint density at radius 2 is 1.59 bits per heavy atom. The molecule has 4 unspecified atom stereocenters. The topological polar surface area (TPSA) is 114 Å². The summed E-state index contributed by atoms with van der Waals surface area (Å²) in [6, 6.07) is 0. The van der Waals surface area contributed by atoms with Crippen LogP contribution in [0.5, 0.6) is 0 Å². The largest absolute Gasteiger partial charge is 0.479 e. The van der Waals surface area contributed by atoms with E-state index in [1.807, 2.05) is 13.8 Å². The zero-order valence-corrected chi connectivity index (χ0v) is 18.9. The number of carboxylic acid groups (broad SMARTS) is 1. The molecule has 8 nitrogen and oxygen atoms in total. The first-order valence-corrected chi connectivity index (χ1v) is 10.5. The number of aliphatic carboxylic acids is 1. The number of hydrogen-bond acceptors (Lipinski definition) is 5. The molecule has 2 amide bonds. The summed E-state index contributed by atoms with van der Waals surface area (Å²) in [6.07, 6.45) is 3.39. The van der Waals surface area contributed by atoms with Crippen LogP contribution in [0.25, 0.3) is 0 Å². The zero-order valence-electron chi connectivity index (χ0n) is 18.9. The Labute approximate surface area is 174 Å². The van der Waals surface area contributed by atoms with Crippen molar-refractivity contribution in [1.82, 2.24) is 10.6 Å². The molecule has 0 aliphatic heterocycles. The molecule has 29 heavy (non-hydrogen) atoms. The molecule has 168 valence electrons. The van der Waals surface area contributed by atoms with Crippen LogP contribution < -0.4 is 10.6 Å². The monoisotopic (exact) mass is 414 g/mol. The van der Waals surface area contributed by atoms with E-state index >= 15 is 0 Å². The third kappa shape index (κ3) is 7.40. The van der Waals surface area contributed by atoms with Crippen molar-refractivity contribution in [2.24, 2.45) is 11.8 Å². The smallest absolute Gasteiger partial charge is 0.408 e. The number of alkyl carbamates (subject to hydrolysis) is 2. The number of hydrogen-bond donors (Lipinski definition) is 3. The number of rotatable bonds is 7. The summed E-state index contributed by atoms with van der Waals surface area (Å²) in [4.78, 5) is 33.8. The van der Waals surface area contributed by atoms with Crippen molar-refractivity contribution in [2.45, 2.75) is 97.2 Å². The van der Waals surface area contributed by atoms with E-state index in [0.717, 1.165) is 25.7 Å². The molecule has 3 N–H and O–H groups in total. The average Bonchev–Trinajstić information content (AvgIpc) is 3.47. The maximum absolute atomic E-state index is 11.5. The van der Waals surface area contributed by atoms with Gasteiger partial charge in [-0.15, -0.1) is 0 Å². The quantitative estimate of drug-likeness (QED) is 0.578. The van der Waals surface area contributed by atoms with E-state index < -0.39 is 23.2 Å². The van der Waals surface area contributed by atoms with Crippen LogP contribution in [0.4, 0.5) is 9.59 Å². The minimum atomic E-state index is -1.10. The summed E-state index contributed by atoms with van der Waals surface area (Å²) in [5.74, 6) is -0.329. The lowest BCUT2D eigenvalue weighted by atomic mass is 10.1. The van der Waals surface area contributed by atoms with Crippen LogP contribution in [0, 0.1) is 11.8 Å². The van der Waals surface area contributed by atoms with E-state index in [-0.39, 0.29) is 17.6 Å². The molecule has 0 aromatic carbocycles. The number of amides is 2. The average molecular weight is 415 g/mol. The van der Waals surface area contributed by atoms with Gasteiger partial charge in [0, 0.05) is 5.54 Å². The van der Waals surface area contributed by atoms with Gasteiger partial charge in [0.2, 0.25) is 0 Å². The molecular weight excluding hydrogens is 376 g/mol. The SMILES string of the molecule is CCC1CC1(NC(=O)OC(C)(C)C)C(=O)O.CCCOC(=O)NC1(C)CC1CC. The van der Waals surface area contributed by atoms with Crippen LogP contribution >= 0.6 is 0 Å². The van der Waals surface area contributed by atoms with Gasteiger partial charge < -0.3 is 25.2 Å². The second-order valence-corrected chi connectivity index (χ2v) is 9.20. The summed E-state index contributed by atoms with van der Waals surface area (Å²) in [7, 11) is 0. The minimum absolute atomic E-state index is 0.0116. The highest BCUT2D eigenvalue weighted by Crippen LogP contribution is 2.46. The molecule has 8 heteroatoms. The lowest BCUT2D eigenvalue weighted by Crippen LogP contribution is -2.46. The number of nitrogens with one attached hydrogen (secondary N) is 2. The molecule has 2 fully saturated rings. The van der Waals surface area contributed by atoms with Gasteiger partial charge in [-0.2, -0.15) is 0 Å². The standard InChI is InChI=1S/C11H19NO4.C10H19NO2/c1-5-7-6-11(7,8(13)14)12-9(15)16-10(2,3)4;1-4-6-13-9(12)11-10(3)7-8(10)5-2/h7H,5-6H2,1-4H3,(H,12,15)(H,13,14);8H,4-7H2,1-3H3,(H,11,12). The summed E-state index contributed by atoms with van der Waals surface area (Å²) in [5, 5.41) is 14.5. The van der Waals surface area contributed by atoms with Crippen molar-refractivity contribution >= 4 is 18.2 Å². The summed E-state index contributed by atoms with van der Waals surface area (Å²) < 4.78 is 9.99. The van der Waals surface area contributed by atoms with E-state index in [9.17, 15) is 14.4 Å². The van der Waals surface area contributed by atoms with Crippen molar-refractivity contribution in [2.75, 3.05) is 6.61 Å². The predicted molar refractivity (Wildman–Crippen MR) is 110 cm³/mol. The second kappa shape index (κ2) is 9.67. The van der Waals surface area contributed by atoms with Gasteiger partial charge in [0.25, 0.3) is 0 Å². The lowest BCUT2D eigenvalue weighted by molar-refractivity contribution is -0.141. The van der Waals surface area contributed by atoms with Gasteiger partial charge in [0.15, 0.2) is 0 Å². The van der Waals surface area contributed by atoms with Crippen LogP contribution in [-0.2, 0) is 14.3 Å². The highest BCUT2D eigenvalue weighted by Gasteiger charge is 2.61. The molecular formula is C21H38N2O6. The van der Waals surface area contributed by atoms with Crippen molar-refractivity contribution in [1.29, 1.82) is 0 Å². The molecule has 2 aliphatic carbocycles. The number of ether oxygens (including phenoxy) is 2. The van der Waals surface area contributed by atoms with Crippen LogP contribution in [0.3, 0.4) is 0 Å². The van der Waals surface area contributed by atoms with Crippen LogP contribution in [0.15, 0.2) is 0 Å². The van der Waals surface area contributed by atoms with Crippen molar-refractivity contribution in [3.8, 4) is 0 Å². The Hall–Kier alpha value is -1.99. The third-order valence-corrected chi connectivity index (χ3v) is 5.43. The molecule has 0 spiro atoms. The Morgan fingerprint density at radius 3 is 1.97 bits per heavy atom. The van der Waals surface area contributed by atoms with E-state index in [1.165, 1.54) is 0 Å². The van der Waals surface area contributed by atoms with Crippen molar-refractivity contribution < 1.29 is 29.0 Å². The molecule has 0 heterocycles. The minimum Gasteiger partial charge on any atom is -0.479 e. The first-order valence-electron chi connectivity index (χ1n) is 10.5. The molecule has 0 radical (unpaired) electrons. The van der Waals surface area contributed by atoms with Gasteiger partial charge in [-0.1, -0.05) is 33.6 Å². The molecule has 0 aromatic rings. The maximum Gasteiger partial charge on any atom is 0.408 e. The Bertz CT molecular complexity index is 602. The van der Waals surface area contributed by atoms with Crippen molar-refractivity contribution in [3.05, 3.63) is 0 Å². The molecule has 4 atom stereocenters. The van der Waals surface area contributed by atoms with Crippen LogP contribution in [0.2, 0.25) is 0 Å². The first kappa shape index (κ1) is 25.0. The fourth-order valence-corrected chi connectivity index (χ4v) is 3.44. The normalized spacial score (nSPS) is 29.6. The number of carbonyl (C=O) groups excluding carboxylic acids is 2. The Morgan fingerprint density at radius 1 is 1.00 bits per heavy atom. The third-order valence-electron chi connectivity index (χ3n) is 5.43. The van der Waals surface area contributed by atoms with E-state index in [2.05, 4.69) is 24.5 Å². The fourth-order valence-electron chi connectivity index (χ4n) is 3.44. The zero-order chi connectivity index (χ0) is 22.5. The summed E-state index contributed by atoms with van der Waals surface area (Å²) >= 11 is 0. The number of carbonyl (C=O) groups is 3. The Balaban J connectivity index is 0.000000296. The maximum atomic E-state index is 11.5. The van der Waals surface area contributed by atoms with Gasteiger partial charge in [-0.25, -0.2) is 14.4 Å². The van der Waals surface area contributed by atoms with Crippen molar-refractivity contribution in [3.63, 3.8) is 0 Å². The van der Waals surface area contributed by atoms with E-state index in [1.54, 1.807) is 20.8 Å². The highest BCUT2D eigenvalue weighted by molar-refractivity contribution is 5.88. The molecule has 2 rings (SSSR count). The molecule has 2 aliphatic rings. The van der Waals surface area contributed by atoms with Gasteiger partial charge in [0.05, 0.1) is 6.61 Å². The Kier molecular flexibility index (Phi) is 8.35. The summed E-state index contributed by atoms with van der Waals surface area (Å²) in [6.45, 7) is 13.9. The van der Waals surface area contributed by atoms with Gasteiger partial charge >= 0.3 is 18.2 Å². The van der Waals surface area contributed by atoms with Gasteiger partial charge in [-0.05, 0) is 58.8 Å². The van der Waals surface area contributed by atoms with Gasteiger partial charge in [-0.3, -0.25) is 0 Å². The van der Waals surface area contributed by atoms with Crippen LogP contribution in [-0.4, -0.2) is 46.5 Å². The van der Waals surface area contributed by atoms with Crippen LogP contribution in [0.1, 0.15) is 80.6 Å². The molecule has 0 saturated heterocycles. The fraction of sp³-hybridized carbons (Fsp3) is 0.857. The summed E-state index contributed by atoms with van der Waals surface area (Å²) in [5.41, 5.74) is -1.70. The van der Waals surface area contributed by atoms with E-state index in [0.29, 0.717) is 18.9 Å². The second-order valence-electron chi connectivity index (χ2n) is 9.20. The molecule has 0 bridgehead atoms. The molecule has 0 aromatic heterocycles. The number of carboxylic acids is 1. The molecule has 2 saturated carbocycles.